The van der Waals surface area contributed by atoms with Crippen LogP contribution in [0.4, 0.5) is 11.4 Å². The second-order valence-corrected chi connectivity index (χ2v) is 6.77. The molecule has 0 fully saturated rings. The van der Waals surface area contributed by atoms with Gasteiger partial charge in [-0.3, -0.25) is 9.59 Å². The van der Waals surface area contributed by atoms with Gasteiger partial charge in [0.1, 0.15) is 11.5 Å². The maximum atomic E-state index is 12.1. The number of hydrogen-bond donors (Lipinski definition) is 2. The average molecular weight is 428 g/mol. The standard InChI is InChI=1S/C26H24N2O4/c1-31-23-13-3-19(4-14-23)7-17-25(29)27-21-9-11-22(12-10-21)28-26(30)18-8-20-5-15-24(32-2)16-6-20/h3-18H,1-2H3,(H,27,29)(H,28,30). The van der Waals surface area contributed by atoms with E-state index in [9.17, 15) is 9.59 Å². The van der Waals surface area contributed by atoms with Crippen LogP contribution in [0.1, 0.15) is 11.1 Å². The lowest BCUT2D eigenvalue weighted by Crippen LogP contribution is -2.09. The largest absolute Gasteiger partial charge is 0.497 e. The number of methoxy groups -OCH3 is 2. The number of rotatable bonds is 8. The minimum Gasteiger partial charge on any atom is -0.497 e. The van der Waals surface area contributed by atoms with Crippen LogP contribution in [0.2, 0.25) is 0 Å². The fourth-order valence-corrected chi connectivity index (χ4v) is 2.78. The molecule has 0 bridgehead atoms. The average Bonchev–Trinajstić information content (AvgIpc) is 2.83. The van der Waals surface area contributed by atoms with Gasteiger partial charge in [-0.2, -0.15) is 0 Å². The molecule has 2 N–H and O–H groups in total. The molecule has 0 unspecified atom stereocenters. The van der Waals surface area contributed by atoms with Crippen LogP contribution in [-0.4, -0.2) is 26.0 Å². The second kappa shape index (κ2) is 11.2. The molecule has 0 aliphatic carbocycles. The molecule has 3 aromatic carbocycles. The number of anilines is 2. The van der Waals surface area contributed by atoms with E-state index in [1.165, 1.54) is 12.2 Å². The van der Waals surface area contributed by atoms with Crippen molar-refractivity contribution in [2.24, 2.45) is 0 Å². The first kappa shape index (κ1) is 22.4. The molecule has 0 aliphatic rings. The van der Waals surface area contributed by atoms with Crippen LogP contribution in [0.3, 0.4) is 0 Å². The van der Waals surface area contributed by atoms with Gasteiger partial charge in [0, 0.05) is 23.5 Å². The van der Waals surface area contributed by atoms with E-state index in [0.717, 1.165) is 22.6 Å². The first-order valence-corrected chi connectivity index (χ1v) is 9.92. The number of amides is 2. The topological polar surface area (TPSA) is 76.7 Å². The van der Waals surface area contributed by atoms with Crippen LogP contribution in [0, 0.1) is 0 Å². The van der Waals surface area contributed by atoms with Gasteiger partial charge in [-0.05, 0) is 71.8 Å². The number of carbonyl (C=O) groups is 2. The van der Waals surface area contributed by atoms with Crippen molar-refractivity contribution < 1.29 is 19.1 Å². The Balaban J connectivity index is 1.50. The molecular weight excluding hydrogens is 404 g/mol. The molecule has 0 atom stereocenters. The van der Waals surface area contributed by atoms with Crippen molar-refractivity contribution in [1.29, 1.82) is 0 Å². The van der Waals surface area contributed by atoms with Crippen molar-refractivity contribution in [3.05, 3.63) is 96.1 Å². The Morgan fingerprint density at radius 2 is 0.938 bits per heavy atom. The quantitative estimate of drug-likeness (QED) is 0.495. The summed E-state index contributed by atoms with van der Waals surface area (Å²) >= 11 is 0. The van der Waals surface area contributed by atoms with Crippen LogP contribution < -0.4 is 20.1 Å². The van der Waals surface area contributed by atoms with Gasteiger partial charge in [0.25, 0.3) is 0 Å². The maximum absolute atomic E-state index is 12.1. The summed E-state index contributed by atoms with van der Waals surface area (Å²) < 4.78 is 10.2. The predicted octanol–water partition coefficient (Wildman–Crippen LogP) is 5.01. The molecule has 162 valence electrons. The van der Waals surface area contributed by atoms with Gasteiger partial charge < -0.3 is 20.1 Å². The molecule has 0 heterocycles. The maximum Gasteiger partial charge on any atom is 0.248 e. The highest BCUT2D eigenvalue weighted by Crippen LogP contribution is 2.16. The summed E-state index contributed by atoms with van der Waals surface area (Å²) in [5.41, 5.74) is 3.03. The van der Waals surface area contributed by atoms with E-state index in [2.05, 4.69) is 10.6 Å². The number of ether oxygens (including phenoxy) is 2. The Morgan fingerprint density at radius 3 is 1.25 bits per heavy atom. The summed E-state index contributed by atoms with van der Waals surface area (Å²) in [6, 6.07) is 21.7. The van der Waals surface area contributed by atoms with E-state index < -0.39 is 0 Å². The van der Waals surface area contributed by atoms with Crippen molar-refractivity contribution >= 4 is 35.3 Å². The fraction of sp³-hybridized carbons (Fsp3) is 0.0769. The molecule has 6 heteroatoms. The summed E-state index contributed by atoms with van der Waals surface area (Å²) in [6.07, 6.45) is 6.36. The Labute approximate surface area is 187 Å². The van der Waals surface area contributed by atoms with Crippen LogP contribution in [0.15, 0.2) is 84.9 Å². The van der Waals surface area contributed by atoms with E-state index in [1.807, 2.05) is 48.5 Å². The molecule has 3 rings (SSSR count). The molecule has 2 amide bonds. The molecule has 0 aliphatic heterocycles. The van der Waals surface area contributed by atoms with Crippen molar-refractivity contribution in [2.45, 2.75) is 0 Å². The van der Waals surface area contributed by atoms with Crippen LogP contribution >= 0.6 is 0 Å². The van der Waals surface area contributed by atoms with Gasteiger partial charge in [0.15, 0.2) is 0 Å². The minimum absolute atomic E-state index is 0.250. The van der Waals surface area contributed by atoms with E-state index in [0.29, 0.717) is 11.4 Å². The molecule has 0 aromatic heterocycles. The van der Waals surface area contributed by atoms with Crippen LogP contribution in [-0.2, 0) is 9.59 Å². The minimum atomic E-state index is -0.250. The normalized spacial score (nSPS) is 10.8. The second-order valence-electron chi connectivity index (χ2n) is 6.77. The summed E-state index contributed by atoms with van der Waals surface area (Å²) in [6.45, 7) is 0. The number of carbonyl (C=O) groups excluding carboxylic acids is 2. The summed E-state index contributed by atoms with van der Waals surface area (Å²) in [5.74, 6) is 1.02. The van der Waals surface area contributed by atoms with E-state index in [-0.39, 0.29) is 11.8 Å². The van der Waals surface area contributed by atoms with Crippen molar-refractivity contribution in [1.82, 2.24) is 0 Å². The Kier molecular flexibility index (Phi) is 7.81. The van der Waals surface area contributed by atoms with Gasteiger partial charge in [-0.25, -0.2) is 0 Å². The van der Waals surface area contributed by atoms with Crippen LogP contribution in [0.5, 0.6) is 11.5 Å². The van der Waals surface area contributed by atoms with Gasteiger partial charge in [0.2, 0.25) is 11.8 Å². The summed E-state index contributed by atoms with van der Waals surface area (Å²) in [7, 11) is 3.21. The molecule has 3 aromatic rings. The molecule has 0 spiro atoms. The lowest BCUT2D eigenvalue weighted by Gasteiger charge is -2.05. The van der Waals surface area contributed by atoms with Gasteiger partial charge in [0.05, 0.1) is 14.2 Å². The van der Waals surface area contributed by atoms with Gasteiger partial charge in [-0.1, -0.05) is 24.3 Å². The summed E-state index contributed by atoms with van der Waals surface area (Å²) in [4.78, 5) is 24.2. The van der Waals surface area contributed by atoms with E-state index in [1.54, 1.807) is 50.6 Å². The molecular formula is C26H24N2O4. The third-order valence-corrected chi connectivity index (χ3v) is 4.51. The molecule has 6 nitrogen and oxygen atoms in total. The lowest BCUT2D eigenvalue weighted by atomic mass is 10.2. The van der Waals surface area contributed by atoms with E-state index in [4.69, 9.17) is 9.47 Å². The SMILES string of the molecule is COc1ccc(C=CC(=O)Nc2ccc(NC(=O)C=Cc3ccc(OC)cc3)cc2)cc1. The zero-order valence-electron chi connectivity index (χ0n) is 17.9. The monoisotopic (exact) mass is 428 g/mol. The third-order valence-electron chi connectivity index (χ3n) is 4.51. The lowest BCUT2D eigenvalue weighted by molar-refractivity contribution is -0.112. The number of hydrogen-bond acceptors (Lipinski definition) is 4. The third kappa shape index (κ3) is 6.88. The zero-order valence-corrected chi connectivity index (χ0v) is 17.9. The van der Waals surface area contributed by atoms with Crippen LogP contribution in [0.25, 0.3) is 12.2 Å². The predicted molar refractivity (Wildman–Crippen MR) is 128 cm³/mol. The highest BCUT2D eigenvalue weighted by molar-refractivity contribution is 6.03. The molecule has 32 heavy (non-hydrogen) atoms. The van der Waals surface area contributed by atoms with Gasteiger partial charge >= 0.3 is 0 Å². The fourth-order valence-electron chi connectivity index (χ4n) is 2.78. The Bertz CT molecular complexity index is 1010. The van der Waals surface area contributed by atoms with Crippen molar-refractivity contribution in [2.75, 3.05) is 24.9 Å². The molecule has 0 radical (unpaired) electrons. The smallest absolute Gasteiger partial charge is 0.248 e. The van der Waals surface area contributed by atoms with Gasteiger partial charge in [-0.15, -0.1) is 0 Å². The van der Waals surface area contributed by atoms with Crippen molar-refractivity contribution in [3.8, 4) is 11.5 Å². The first-order chi connectivity index (χ1) is 15.6. The van der Waals surface area contributed by atoms with E-state index >= 15 is 0 Å². The highest BCUT2D eigenvalue weighted by atomic mass is 16.5. The number of benzene rings is 3. The summed E-state index contributed by atoms with van der Waals surface area (Å²) in [5, 5.41) is 5.57. The Hall–Kier alpha value is -4.32. The highest BCUT2D eigenvalue weighted by Gasteiger charge is 2.01. The molecule has 0 saturated heterocycles. The zero-order chi connectivity index (χ0) is 22.8. The molecule has 0 saturated carbocycles. The van der Waals surface area contributed by atoms with Crippen molar-refractivity contribution in [3.63, 3.8) is 0 Å². The number of nitrogens with one attached hydrogen (secondary N) is 2. The first-order valence-electron chi connectivity index (χ1n) is 9.92. The Morgan fingerprint density at radius 1 is 0.594 bits per heavy atom.